The van der Waals surface area contributed by atoms with Gasteiger partial charge in [0.15, 0.2) is 0 Å². The summed E-state index contributed by atoms with van der Waals surface area (Å²) in [6.45, 7) is 3.45. The molecule has 0 spiro atoms. The van der Waals surface area contributed by atoms with E-state index in [1.807, 2.05) is 25.1 Å². The Labute approximate surface area is 118 Å². The van der Waals surface area contributed by atoms with E-state index in [9.17, 15) is 9.59 Å². The van der Waals surface area contributed by atoms with E-state index in [-0.39, 0.29) is 17.9 Å². The Hall–Kier alpha value is -1.88. The van der Waals surface area contributed by atoms with Crippen LogP contribution in [0, 0.1) is 0 Å². The number of methoxy groups -OCH3 is 1. The van der Waals surface area contributed by atoms with Crippen LogP contribution in [0.25, 0.3) is 0 Å². The first kappa shape index (κ1) is 14.5. The molecule has 1 heterocycles. The Morgan fingerprint density at radius 2 is 2.30 bits per heavy atom. The van der Waals surface area contributed by atoms with Crippen molar-refractivity contribution >= 4 is 11.8 Å². The summed E-state index contributed by atoms with van der Waals surface area (Å²) >= 11 is 0. The minimum absolute atomic E-state index is 0.0693. The average Bonchev–Trinajstić information content (AvgIpc) is 2.47. The standard InChI is InChI=1S/C15H20N2O3/c1-3-13-14(18)16-7-8-17(13)15(19)12-6-4-5-11(9-12)10-20-2/h4-6,9,13H,3,7-8,10H2,1-2H3,(H,16,18)/t13-/m0/s1. The summed E-state index contributed by atoms with van der Waals surface area (Å²) in [4.78, 5) is 26.0. The van der Waals surface area contributed by atoms with Crippen molar-refractivity contribution in [1.82, 2.24) is 10.2 Å². The molecular weight excluding hydrogens is 256 g/mol. The third-order valence-corrected chi connectivity index (χ3v) is 3.46. The molecule has 0 aliphatic carbocycles. The van der Waals surface area contributed by atoms with E-state index >= 15 is 0 Å². The second kappa shape index (κ2) is 6.52. The molecule has 1 aliphatic rings. The molecule has 1 atom stereocenters. The highest BCUT2D eigenvalue weighted by Crippen LogP contribution is 2.15. The second-order valence-corrected chi connectivity index (χ2v) is 4.85. The molecule has 0 radical (unpaired) electrons. The van der Waals surface area contributed by atoms with Crippen molar-refractivity contribution in [2.24, 2.45) is 0 Å². The molecule has 0 saturated carbocycles. The Kier molecular flexibility index (Phi) is 4.74. The van der Waals surface area contributed by atoms with Crippen LogP contribution in [-0.2, 0) is 16.1 Å². The normalized spacial score (nSPS) is 18.8. The minimum atomic E-state index is -0.373. The summed E-state index contributed by atoms with van der Waals surface area (Å²) in [6, 6.07) is 6.99. The number of ether oxygens (including phenoxy) is 1. The molecule has 1 N–H and O–H groups in total. The lowest BCUT2D eigenvalue weighted by Gasteiger charge is -2.34. The van der Waals surface area contributed by atoms with Gasteiger partial charge in [0.05, 0.1) is 6.61 Å². The van der Waals surface area contributed by atoms with Crippen molar-refractivity contribution in [3.63, 3.8) is 0 Å². The predicted molar refractivity (Wildman–Crippen MR) is 75.3 cm³/mol. The maximum absolute atomic E-state index is 12.6. The average molecular weight is 276 g/mol. The molecule has 5 nitrogen and oxygen atoms in total. The van der Waals surface area contributed by atoms with E-state index in [2.05, 4.69) is 5.32 Å². The number of hydrogen-bond acceptors (Lipinski definition) is 3. The van der Waals surface area contributed by atoms with Crippen molar-refractivity contribution < 1.29 is 14.3 Å². The van der Waals surface area contributed by atoms with Gasteiger partial charge >= 0.3 is 0 Å². The fourth-order valence-electron chi connectivity index (χ4n) is 2.49. The van der Waals surface area contributed by atoms with Crippen LogP contribution in [0.15, 0.2) is 24.3 Å². The van der Waals surface area contributed by atoms with E-state index in [1.165, 1.54) is 0 Å². The third kappa shape index (κ3) is 2.99. The molecule has 2 amide bonds. The zero-order chi connectivity index (χ0) is 14.5. The van der Waals surface area contributed by atoms with E-state index in [0.717, 1.165) is 5.56 Å². The van der Waals surface area contributed by atoms with Gasteiger partial charge in [-0.25, -0.2) is 0 Å². The summed E-state index contributed by atoms with van der Waals surface area (Å²) in [5.74, 6) is -0.162. The van der Waals surface area contributed by atoms with Gasteiger partial charge in [-0.2, -0.15) is 0 Å². The van der Waals surface area contributed by atoms with Crippen molar-refractivity contribution in [3.8, 4) is 0 Å². The van der Waals surface area contributed by atoms with E-state index in [0.29, 0.717) is 31.7 Å². The number of piperazine rings is 1. The van der Waals surface area contributed by atoms with Gasteiger partial charge < -0.3 is 15.0 Å². The first-order valence-corrected chi connectivity index (χ1v) is 6.84. The smallest absolute Gasteiger partial charge is 0.254 e. The maximum atomic E-state index is 12.6. The van der Waals surface area contributed by atoms with Crippen LogP contribution in [-0.4, -0.2) is 43.0 Å². The van der Waals surface area contributed by atoms with Gasteiger partial charge in [0.25, 0.3) is 5.91 Å². The molecule has 0 aromatic heterocycles. The number of hydrogen-bond donors (Lipinski definition) is 1. The summed E-state index contributed by atoms with van der Waals surface area (Å²) in [6.07, 6.45) is 0.620. The van der Waals surface area contributed by atoms with Gasteiger partial charge in [0.1, 0.15) is 6.04 Å². The van der Waals surface area contributed by atoms with Gasteiger partial charge in [-0.15, -0.1) is 0 Å². The number of benzene rings is 1. The van der Waals surface area contributed by atoms with Crippen molar-refractivity contribution in [1.29, 1.82) is 0 Å². The SMILES string of the molecule is CC[C@H]1C(=O)NCCN1C(=O)c1cccc(COC)c1. The number of nitrogens with one attached hydrogen (secondary N) is 1. The highest BCUT2D eigenvalue weighted by atomic mass is 16.5. The maximum Gasteiger partial charge on any atom is 0.254 e. The molecule has 0 unspecified atom stereocenters. The minimum Gasteiger partial charge on any atom is -0.380 e. The van der Waals surface area contributed by atoms with Crippen molar-refractivity contribution in [2.45, 2.75) is 26.0 Å². The summed E-state index contributed by atoms with van der Waals surface area (Å²) in [5.41, 5.74) is 1.56. The topological polar surface area (TPSA) is 58.6 Å². The van der Waals surface area contributed by atoms with Crippen LogP contribution in [0.5, 0.6) is 0 Å². The molecular formula is C15H20N2O3. The lowest BCUT2D eigenvalue weighted by atomic mass is 10.1. The summed E-state index contributed by atoms with van der Waals surface area (Å²) < 4.78 is 5.08. The Morgan fingerprint density at radius 1 is 1.50 bits per heavy atom. The molecule has 5 heteroatoms. The van der Waals surface area contributed by atoms with E-state index in [1.54, 1.807) is 18.1 Å². The van der Waals surface area contributed by atoms with Crippen molar-refractivity contribution in [2.75, 3.05) is 20.2 Å². The fraction of sp³-hybridized carbons (Fsp3) is 0.467. The highest BCUT2D eigenvalue weighted by Gasteiger charge is 2.31. The Morgan fingerprint density at radius 3 is 3.00 bits per heavy atom. The molecule has 1 aromatic rings. The molecule has 1 fully saturated rings. The predicted octanol–water partition coefficient (Wildman–Crippen LogP) is 1.18. The lowest BCUT2D eigenvalue weighted by Crippen LogP contribution is -2.56. The van der Waals surface area contributed by atoms with Crippen LogP contribution in [0.3, 0.4) is 0 Å². The Balaban J connectivity index is 2.21. The monoisotopic (exact) mass is 276 g/mol. The van der Waals surface area contributed by atoms with E-state index in [4.69, 9.17) is 4.74 Å². The number of carbonyl (C=O) groups excluding carboxylic acids is 2. The highest BCUT2D eigenvalue weighted by molar-refractivity contribution is 5.98. The molecule has 0 bridgehead atoms. The van der Waals surface area contributed by atoms with Gasteiger partial charge in [0, 0.05) is 25.8 Å². The van der Waals surface area contributed by atoms with Crippen LogP contribution in [0.4, 0.5) is 0 Å². The quantitative estimate of drug-likeness (QED) is 0.898. The molecule has 2 rings (SSSR count). The first-order valence-electron chi connectivity index (χ1n) is 6.84. The van der Waals surface area contributed by atoms with Crippen molar-refractivity contribution in [3.05, 3.63) is 35.4 Å². The number of rotatable bonds is 4. The van der Waals surface area contributed by atoms with Gasteiger partial charge in [0.2, 0.25) is 5.91 Å². The zero-order valence-electron chi connectivity index (χ0n) is 11.9. The molecule has 1 aliphatic heterocycles. The van der Waals surface area contributed by atoms with E-state index < -0.39 is 0 Å². The van der Waals surface area contributed by atoms with Crippen LogP contribution in [0.2, 0.25) is 0 Å². The first-order chi connectivity index (χ1) is 9.67. The summed E-state index contributed by atoms with van der Waals surface area (Å²) in [5, 5.41) is 2.80. The number of nitrogens with zero attached hydrogens (tertiary/aromatic N) is 1. The Bertz CT molecular complexity index is 502. The van der Waals surface area contributed by atoms with Gasteiger partial charge in [-0.05, 0) is 24.1 Å². The molecule has 1 saturated heterocycles. The number of carbonyl (C=O) groups is 2. The zero-order valence-corrected chi connectivity index (χ0v) is 11.9. The molecule has 108 valence electrons. The van der Waals surface area contributed by atoms with Crippen LogP contribution in [0.1, 0.15) is 29.3 Å². The summed E-state index contributed by atoms with van der Waals surface area (Å²) in [7, 11) is 1.62. The lowest BCUT2D eigenvalue weighted by molar-refractivity contribution is -0.127. The molecule has 20 heavy (non-hydrogen) atoms. The number of amides is 2. The van der Waals surface area contributed by atoms with Gasteiger partial charge in [-0.3, -0.25) is 9.59 Å². The third-order valence-electron chi connectivity index (χ3n) is 3.46. The fourth-order valence-corrected chi connectivity index (χ4v) is 2.49. The largest absolute Gasteiger partial charge is 0.380 e. The molecule has 1 aromatic carbocycles. The van der Waals surface area contributed by atoms with Crippen LogP contribution >= 0.6 is 0 Å². The van der Waals surface area contributed by atoms with Crippen LogP contribution < -0.4 is 5.32 Å². The van der Waals surface area contributed by atoms with Gasteiger partial charge in [-0.1, -0.05) is 19.1 Å². The second-order valence-electron chi connectivity index (χ2n) is 4.85.